The van der Waals surface area contributed by atoms with Crippen LogP contribution < -0.4 is 14.8 Å². The van der Waals surface area contributed by atoms with Crippen molar-refractivity contribution in [3.8, 4) is 11.5 Å². The summed E-state index contributed by atoms with van der Waals surface area (Å²) >= 11 is 6.20. The Bertz CT molecular complexity index is 771. The zero-order chi connectivity index (χ0) is 18.9. The molecule has 3 nitrogen and oxygen atoms in total. The van der Waals surface area contributed by atoms with E-state index >= 15 is 0 Å². The largest absolute Gasteiger partial charge is 0.490 e. The summed E-state index contributed by atoms with van der Waals surface area (Å²) in [5.41, 5.74) is 4.20. The summed E-state index contributed by atoms with van der Waals surface area (Å²) in [6.45, 7) is 13.2. The zero-order valence-corrected chi connectivity index (χ0v) is 16.2. The van der Waals surface area contributed by atoms with Crippen molar-refractivity contribution in [1.29, 1.82) is 0 Å². The Morgan fingerprint density at radius 1 is 1.12 bits per heavy atom. The first-order valence-corrected chi connectivity index (χ1v) is 9.10. The molecule has 0 saturated carbocycles. The number of benzene rings is 2. The molecule has 1 N–H and O–H groups in total. The Morgan fingerprint density at radius 2 is 1.92 bits per heavy atom. The summed E-state index contributed by atoms with van der Waals surface area (Å²) in [5.74, 6) is 1.50. The second-order valence-corrected chi connectivity index (χ2v) is 6.33. The van der Waals surface area contributed by atoms with Gasteiger partial charge in [-0.2, -0.15) is 0 Å². The topological polar surface area (TPSA) is 30.5 Å². The highest BCUT2D eigenvalue weighted by molar-refractivity contribution is 6.31. The standard InChI is InChI=1S/C22H26ClNO2/c1-5-8-18-12-17(13-21(25-7-3)22(18)26-11-6-2)15-24-19-10-9-16(4)20(23)14-19/h5-6,9-10,12-14,24H,1-2,7-8,11,15H2,3-4H3. The van der Waals surface area contributed by atoms with E-state index in [9.17, 15) is 0 Å². The molecule has 0 fully saturated rings. The van der Waals surface area contributed by atoms with Gasteiger partial charge in [0.15, 0.2) is 11.5 Å². The van der Waals surface area contributed by atoms with E-state index in [0.29, 0.717) is 26.2 Å². The minimum atomic E-state index is 0.434. The normalized spacial score (nSPS) is 10.3. The Balaban J connectivity index is 2.27. The van der Waals surface area contributed by atoms with Gasteiger partial charge in [-0.1, -0.05) is 36.4 Å². The van der Waals surface area contributed by atoms with E-state index in [2.05, 4.69) is 24.5 Å². The molecule has 2 rings (SSSR count). The molecule has 4 heteroatoms. The van der Waals surface area contributed by atoms with Gasteiger partial charge in [0.2, 0.25) is 0 Å². The molecule has 26 heavy (non-hydrogen) atoms. The Morgan fingerprint density at radius 3 is 2.58 bits per heavy atom. The van der Waals surface area contributed by atoms with Crippen molar-refractivity contribution in [2.45, 2.75) is 26.8 Å². The third-order valence-corrected chi connectivity index (χ3v) is 4.28. The fourth-order valence-electron chi connectivity index (χ4n) is 2.61. The summed E-state index contributed by atoms with van der Waals surface area (Å²) in [7, 11) is 0. The number of hydrogen-bond donors (Lipinski definition) is 1. The van der Waals surface area contributed by atoms with Gasteiger partial charge in [-0.15, -0.1) is 6.58 Å². The second kappa shape index (κ2) is 9.93. The summed E-state index contributed by atoms with van der Waals surface area (Å²) in [6, 6.07) is 10.1. The van der Waals surface area contributed by atoms with Crippen molar-refractivity contribution in [3.63, 3.8) is 0 Å². The molecule has 0 aliphatic carbocycles. The van der Waals surface area contributed by atoms with Crippen molar-refractivity contribution >= 4 is 17.3 Å². The number of hydrogen-bond acceptors (Lipinski definition) is 3. The van der Waals surface area contributed by atoms with Crippen LogP contribution in [0.15, 0.2) is 55.6 Å². The number of nitrogens with one attached hydrogen (secondary N) is 1. The van der Waals surface area contributed by atoms with Crippen LogP contribution >= 0.6 is 11.6 Å². The fraction of sp³-hybridized carbons (Fsp3) is 0.273. The van der Waals surface area contributed by atoms with Crippen molar-refractivity contribution in [3.05, 3.63) is 77.4 Å². The maximum atomic E-state index is 6.20. The van der Waals surface area contributed by atoms with Crippen molar-refractivity contribution in [2.24, 2.45) is 0 Å². The smallest absolute Gasteiger partial charge is 0.165 e. The molecule has 0 radical (unpaired) electrons. The molecule has 0 atom stereocenters. The van der Waals surface area contributed by atoms with Crippen LogP contribution in [0.3, 0.4) is 0 Å². The van der Waals surface area contributed by atoms with Gasteiger partial charge in [0.1, 0.15) is 6.61 Å². The van der Waals surface area contributed by atoms with Gasteiger partial charge in [0, 0.05) is 22.8 Å². The molecule has 0 heterocycles. The van der Waals surface area contributed by atoms with E-state index in [0.717, 1.165) is 38.9 Å². The molecule has 2 aromatic carbocycles. The van der Waals surface area contributed by atoms with Crippen LogP contribution in [0.1, 0.15) is 23.6 Å². The van der Waals surface area contributed by atoms with Crippen LogP contribution in [0.25, 0.3) is 0 Å². The van der Waals surface area contributed by atoms with E-state index in [1.165, 1.54) is 0 Å². The molecule has 0 aliphatic heterocycles. The lowest BCUT2D eigenvalue weighted by atomic mass is 10.1. The second-order valence-electron chi connectivity index (χ2n) is 5.93. The lowest BCUT2D eigenvalue weighted by molar-refractivity contribution is 0.294. The maximum absolute atomic E-state index is 6.20. The van der Waals surface area contributed by atoms with E-state index in [-0.39, 0.29) is 0 Å². The molecule has 0 bridgehead atoms. The number of ether oxygens (including phenoxy) is 2. The molecule has 0 amide bonds. The van der Waals surface area contributed by atoms with Crippen LogP contribution in [0.5, 0.6) is 11.5 Å². The van der Waals surface area contributed by atoms with Crippen LogP contribution in [0, 0.1) is 6.92 Å². The van der Waals surface area contributed by atoms with E-state index in [1.807, 2.05) is 44.2 Å². The highest BCUT2D eigenvalue weighted by Gasteiger charge is 2.13. The predicted octanol–water partition coefficient (Wildman–Crippen LogP) is 5.95. The molecular weight excluding hydrogens is 346 g/mol. The van der Waals surface area contributed by atoms with E-state index < -0.39 is 0 Å². The van der Waals surface area contributed by atoms with Gasteiger partial charge in [-0.25, -0.2) is 0 Å². The summed E-state index contributed by atoms with van der Waals surface area (Å²) in [6.07, 6.45) is 4.30. The van der Waals surface area contributed by atoms with Crippen LogP contribution in [-0.2, 0) is 13.0 Å². The molecule has 0 aromatic heterocycles. The van der Waals surface area contributed by atoms with Gasteiger partial charge in [0.25, 0.3) is 0 Å². The number of rotatable bonds is 10. The first-order chi connectivity index (χ1) is 12.6. The molecular formula is C22H26ClNO2. The SMILES string of the molecule is C=CCOc1c(CC=C)cc(CNc2ccc(C)c(Cl)c2)cc1OCC. The van der Waals surface area contributed by atoms with Gasteiger partial charge < -0.3 is 14.8 Å². The zero-order valence-electron chi connectivity index (χ0n) is 15.5. The highest BCUT2D eigenvalue weighted by Crippen LogP contribution is 2.34. The fourth-order valence-corrected chi connectivity index (χ4v) is 2.79. The van der Waals surface area contributed by atoms with Gasteiger partial charge in [-0.3, -0.25) is 0 Å². The van der Waals surface area contributed by atoms with Crippen molar-refractivity contribution in [2.75, 3.05) is 18.5 Å². The molecule has 0 aliphatic rings. The van der Waals surface area contributed by atoms with Crippen LogP contribution in [0.4, 0.5) is 5.69 Å². The monoisotopic (exact) mass is 371 g/mol. The molecule has 0 unspecified atom stereocenters. The number of allylic oxidation sites excluding steroid dienone is 1. The molecule has 2 aromatic rings. The average molecular weight is 372 g/mol. The lowest BCUT2D eigenvalue weighted by Gasteiger charge is -2.17. The first kappa shape index (κ1) is 19.9. The molecule has 0 spiro atoms. The third-order valence-electron chi connectivity index (χ3n) is 3.87. The van der Waals surface area contributed by atoms with Gasteiger partial charge in [-0.05, 0) is 55.7 Å². The number of anilines is 1. The van der Waals surface area contributed by atoms with Crippen LogP contribution in [0.2, 0.25) is 5.02 Å². The first-order valence-electron chi connectivity index (χ1n) is 8.72. The summed E-state index contributed by atoms with van der Waals surface area (Å²) in [4.78, 5) is 0. The van der Waals surface area contributed by atoms with Gasteiger partial charge >= 0.3 is 0 Å². The van der Waals surface area contributed by atoms with Crippen molar-refractivity contribution < 1.29 is 9.47 Å². The van der Waals surface area contributed by atoms with E-state index in [4.69, 9.17) is 21.1 Å². The summed E-state index contributed by atoms with van der Waals surface area (Å²) < 4.78 is 11.6. The molecule has 0 saturated heterocycles. The number of aryl methyl sites for hydroxylation is 1. The summed E-state index contributed by atoms with van der Waals surface area (Å²) in [5, 5.41) is 4.16. The third kappa shape index (κ3) is 5.30. The maximum Gasteiger partial charge on any atom is 0.165 e. The Labute approximate surface area is 161 Å². The predicted molar refractivity (Wildman–Crippen MR) is 111 cm³/mol. The minimum Gasteiger partial charge on any atom is -0.490 e. The van der Waals surface area contributed by atoms with Gasteiger partial charge in [0.05, 0.1) is 6.61 Å². The Hall–Kier alpha value is -2.39. The number of halogens is 1. The molecule has 138 valence electrons. The van der Waals surface area contributed by atoms with Crippen LogP contribution in [-0.4, -0.2) is 13.2 Å². The highest BCUT2D eigenvalue weighted by atomic mass is 35.5. The van der Waals surface area contributed by atoms with E-state index in [1.54, 1.807) is 6.08 Å². The lowest BCUT2D eigenvalue weighted by Crippen LogP contribution is -2.06. The Kier molecular flexibility index (Phi) is 7.61. The average Bonchev–Trinajstić information content (AvgIpc) is 2.62. The minimum absolute atomic E-state index is 0.434. The van der Waals surface area contributed by atoms with Crippen molar-refractivity contribution in [1.82, 2.24) is 0 Å². The quantitative estimate of drug-likeness (QED) is 0.523.